The maximum absolute atomic E-state index is 11.4. The van der Waals surface area contributed by atoms with Crippen molar-refractivity contribution in [2.45, 2.75) is 18.9 Å². The second-order valence-electron chi connectivity index (χ2n) is 3.54. The van der Waals surface area contributed by atoms with E-state index >= 15 is 0 Å². The van der Waals surface area contributed by atoms with Crippen LogP contribution < -0.4 is 16.4 Å². The van der Waals surface area contributed by atoms with Crippen molar-refractivity contribution in [2.75, 3.05) is 18.1 Å². The highest BCUT2D eigenvalue weighted by molar-refractivity contribution is 7.99. The summed E-state index contributed by atoms with van der Waals surface area (Å²) in [6.45, 7) is 0.0566. The molecule has 16 heavy (non-hydrogen) atoms. The van der Waals surface area contributed by atoms with Crippen molar-refractivity contribution >= 4 is 40.8 Å². The Kier molecular flexibility index (Phi) is 5.54. The first kappa shape index (κ1) is 13.2. The van der Waals surface area contributed by atoms with Crippen LogP contribution in [0.25, 0.3) is 0 Å². The van der Waals surface area contributed by atoms with Gasteiger partial charge in [-0.25, -0.2) is 0 Å². The molecule has 1 heterocycles. The molecule has 0 bridgehead atoms. The van der Waals surface area contributed by atoms with Crippen molar-refractivity contribution in [3.63, 3.8) is 0 Å². The number of nitrogens with two attached hydrogens (primary N) is 1. The van der Waals surface area contributed by atoms with E-state index < -0.39 is 11.8 Å². The van der Waals surface area contributed by atoms with Gasteiger partial charge in [-0.1, -0.05) is 12.2 Å². The number of amides is 2. The largest absolute Gasteiger partial charge is 0.392 e. The predicted molar refractivity (Wildman–Crippen MR) is 68.3 cm³/mol. The summed E-state index contributed by atoms with van der Waals surface area (Å²) < 4.78 is 0. The van der Waals surface area contributed by atoms with Gasteiger partial charge >= 0.3 is 11.8 Å². The van der Waals surface area contributed by atoms with Crippen molar-refractivity contribution < 1.29 is 9.59 Å². The monoisotopic (exact) mass is 261 g/mol. The van der Waals surface area contributed by atoms with Crippen molar-refractivity contribution in [1.29, 1.82) is 0 Å². The standard InChI is InChI=1S/C9H15N3O2S2/c10-7(15)4-11-8(13)9(14)12-6-2-1-3-16-5-6/h6H,1-5H2,(H2,10,15)(H,11,13)(H,12,14). The molecule has 1 fully saturated rings. The lowest BCUT2D eigenvalue weighted by Crippen LogP contribution is -2.47. The van der Waals surface area contributed by atoms with Gasteiger partial charge in [-0.3, -0.25) is 9.59 Å². The summed E-state index contributed by atoms with van der Waals surface area (Å²) in [5.41, 5.74) is 5.21. The highest BCUT2D eigenvalue weighted by Gasteiger charge is 2.20. The molecule has 0 radical (unpaired) electrons. The fourth-order valence-corrected chi connectivity index (χ4v) is 2.50. The normalized spacial score (nSPS) is 19.9. The summed E-state index contributed by atoms with van der Waals surface area (Å²) >= 11 is 6.38. The zero-order valence-corrected chi connectivity index (χ0v) is 10.5. The van der Waals surface area contributed by atoms with E-state index in [0.717, 1.165) is 24.3 Å². The fraction of sp³-hybridized carbons (Fsp3) is 0.667. The predicted octanol–water partition coefficient (Wildman–Crippen LogP) is -0.600. The number of nitrogens with one attached hydrogen (secondary N) is 2. The number of thiocarbonyl (C=S) groups is 1. The molecule has 0 aliphatic carbocycles. The van der Waals surface area contributed by atoms with Crippen LogP contribution in [0.1, 0.15) is 12.8 Å². The molecule has 0 aromatic rings. The Morgan fingerprint density at radius 3 is 2.75 bits per heavy atom. The number of hydrogen-bond acceptors (Lipinski definition) is 4. The maximum atomic E-state index is 11.4. The molecule has 7 heteroatoms. The van der Waals surface area contributed by atoms with Gasteiger partial charge < -0.3 is 16.4 Å². The minimum atomic E-state index is -0.677. The van der Waals surface area contributed by atoms with Crippen LogP contribution in [0.4, 0.5) is 0 Å². The molecule has 5 nitrogen and oxygen atoms in total. The van der Waals surface area contributed by atoms with Crippen molar-refractivity contribution in [2.24, 2.45) is 5.73 Å². The lowest BCUT2D eigenvalue weighted by Gasteiger charge is -2.21. The average Bonchev–Trinajstić information content (AvgIpc) is 2.27. The summed E-state index contributed by atoms with van der Waals surface area (Å²) in [7, 11) is 0. The molecule has 4 N–H and O–H groups in total. The second kappa shape index (κ2) is 6.70. The van der Waals surface area contributed by atoms with E-state index in [2.05, 4.69) is 22.9 Å². The molecular formula is C9H15N3O2S2. The molecule has 0 aromatic heterocycles. The summed E-state index contributed by atoms with van der Waals surface area (Å²) in [6.07, 6.45) is 2.01. The zero-order chi connectivity index (χ0) is 12.0. The summed E-state index contributed by atoms with van der Waals surface area (Å²) in [5.74, 6) is 0.709. The highest BCUT2D eigenvalue weighted by Crippen LogP contribution is 2.16. The van der Waals surface area contributed by atoms with Crippen LogP contribution in [-0.2, 0) is 9.59 Å². The van der Waals surface area contributed by atoms with Gasteiger partial charge in [0, 0.05) is 11.8 Å². The lowest BCUT2D eigenvalue weighted by molar-refractivity contribution is -0.139. The molecule has 2 amide bonds. The Morgan fingerprint density at radius 1 is 1.44 bits per heavy atom. The molecule has 1 rings (SSSR count). The van der Waals surface area contributed by atoms with Gasteiger partial charge in [0.2, 0.25) is 0 Å². The second-order valence-corrected chi connectivity index (χ2v) is 5.21. The first-order chi connectivity index (χ1) is 7.59. The average molecular weight is 261 g/mol. The minimum Gasteiger partial charge on any atom is -0.392 e. The smallest absolute Gasteiger partial charge is 0.309 e. The Bertz CT molecular complexity index is 290. The van der Waals surface area contributed by atoms with E-state index in [9.17, 15) is 9.59 Å². The van der Waals surface area contributed by atoms with Gasteiger partial charge in [0.05, 0.1) is 11.5 Å². The third kappa shape index (κ3) is 4.80. The van der Waals surface area contributed by atoms with Crippen LogP contribution in [0, 0.1) is 0 Å². The van der Waals surface area contributed by atoms with Crippen LogP contribution in [-0.4, -0.2) is 40.9 Å². The van der Waals surface area contributed by atoms with E-state index in [1.165, 1.54) is 0 Å². The van der Waals surface area contributed by atoms with E-state index in [1.807, 2.05) is 0 Å². The molecule has 90 valence electrons. The zero-order valence-electron chi connectivity index (χ0n) is 8.82. The van der Waals surface area contributed by atoms with Crippen LogP contribution in [0.5, 0.6) is 0 Å². The summed E-state index contributed by atoms with van der Waals surface area (Å²) in [5, 5.41) is 5.03. The lowest BCUT2D eigenvalue weighted by atomic mass is 10.2. The molecule has 0 aromatic carbocycles. The number of carbonyl (C=O) groups excluding carboxylic acids is 2. The van der Waals surface area contributed by atoms with Gasteiger partial charge in [-0.05, 0) is 18.6 Å². The maximum Gasteiger partial charge on any atom is 0.309 e. The van der Waals surface area contributed by atoms with Crippen molar-refractivity contribution in [1.82, 2.24) is 10.6 Å². The molecule has 1 aliphatic heterocycles. The van der Waals surface area contributed by atoms with E-state index in [-0.39, 0.29) is 17.6 Å². The summed E-state index contributed by atoms with van der Waals surface area (Å²) in [4.78, 5) is 22.8. The number of rotatable bonds is 3. The van der Waals surface area contributed by atoms with Gasteiger partial charge in [-0.15, -0.1) is 0 Å². The topological polar surface area (TPSA) is 84.2 Å². The molecule has 1 saturated heterocycles. The quantitative estimate of drug-likeness (QED) is 0.467. The Hall–Kier alpha value is -0.820. The van der Waals surface area contributed by atoms with E-state index in [0.29, 0.717) is 0 Å². The van der Waals surface area contributed by atoms with Crippen molar-refractivity contribution in [3.8, 4) is 0 Å². The molecular weight excluding hydrogens is 246 g/mol. The molecule has 0 spiro atoms. The van der Waals surface area contributed by atoms with Gasteiger partial charge in [0.25, 0.3) is 0 Å². The first-order valence-electron chi connectivity index (χ1n) is 5.04. The number of carbonyl (C=O) groups is 2. The van der Waals surface area contributed by atoms with Crippen LogP contribution in [0.2, 0.25) is 0 Å². The Labute approximate surface area is 104 Å². The minimum absolute atomic E-state index is 0.0566. The molecule has 0 saturated carbocycles. The first-order valence-corrected chi connectivity index (χ1v) is 6.60. The highest BCUT2D eigenvalue weighted by atomic mass is 32.2. The third-order valence-corrected chi connectivity index (χ3v) is 3.48. The summed E-state index contributed by atoms with van der Waals surface area (Å²) in [6, 6.07) is 0.0989. The van der Waals surface area contributed by atoms with E-state index in [1.54, 1.807) is 11.8 Å². The van der Waals surface area contributed by atoms with Crippen molar-refractivity contribution in [3.05, 3.63) is 0 Å². The third-order valence-electron chi connectivity index (χ3n) is 2.12. The van der Waals surface area contributed by atoms with Crippen LogP contribution >= 0.6 is 24.0 Å². The van der Waals surface area contributed by atoms with E-state index in [4.69, 9.17) is 5.73 Å². The molecule has 1 atom stereocenters. The van der Waals surface area contributed by atoms with Gasteiger partial charge in [0.1, 0.15) is 0 Å². The fourth-order valence-electron chi connectivity index (χ4n) is 1.35. The number of hydrogen-bond donors (Lipinski definition) is 3. The Balaban J connectivity index is 2.27. The molecule has 1 unspecified atom stereocenters. The van der Waals surface area contributed by atoms with Gasteiger partial charge in [-0.2, -0.15) is 11.8 Å². The Morgan fingerprint density at radius 2 is 2.19 bits per heavy atom. The number of thioether (sulfide) groups is 1. The molecule has 1 aliphatic rings. The van der Waals surface area contributed by atoms with Gasteiger partial charge in [0.15, 0.2) is 0 Å². The SMILES string of the molecule is NC(=S)CNC(=O)C(=O)NC1CCCSC1. The van der Waals surface area contributed by atoms with Crippen LogP contribution in [0.3, 0.4) is 0 Å². The van der Waals surface area contributed by atoms with Crippen LogP contribution in [0.15, 0.2) is 0 Å².